The Hall–Kier alpha value is -1.32. The zero-order valence-electron chi connectivity index (χ0n) is 13.9. The summed E-state index contributed by atoms with van der Waals surface area (Å²) in [5.74, 6) is 0. The molecule has 1 aromatic heterocycles. The zero-order valence-corrected chi connectivity index (χ0v) is 13.9. The van der Waals surface area contributed by atoms with Crippen LogP contribution in [0, 0.1) is 13.8 Å². The fourth-order valence-corrected chi connectivity index (χ4v) is 3.72. The summed E-state index contributed by atoms with van der Waals surface area (Å²) in [6, 6.07) is 8.51. The van der Waals surface area contributed by atoms with E-state index < -0.39 is 0 Å². The number of rotatable bonds is 4. The molecule has 3 nitrogen and oxygen atoms in total. The van der Waals surface area contributed by atoms with Crippen molar-refractivity contribution in [1.82, 2.24) is 9.47 Å². The van der Waals surface area contributed by atoms with E-state index in [9.17, 15) is 5.11 Å². The fraction of sp³-hybridized carbons (Fsp3) is 0.579. The molecule has 1 aliphatic heterocycles. The summed E-state index contributed by atoms with van der Waals surface area (Å²) in [4.78, 5) is 2.44. The molecule has 2 aromatic rings. The number of para-hydroxylation sites is 1. The van der Waals surface area contributed by atoms with Gasteiger partial charge < -0.3 is 14.6 Å². The Balaban J connectivity index is 1.73. The lowest BCUT2D eigenvalue weighted by Gasteiger charge is -2.24. The predicted octanol–water partition coefficient (Wildman–Crippen LogP) is 3.50. The smallest absolute Gasteiger partial charge is 0.0845 e. The number of hydrogen-bond acceptors (Lipinski definition) is 2. The first kappa shape index (κ1) is 15.6. The molecule has 1 aromatic carbocycles. The zero-order chi connectivity index (χ0) is 15.5. The van der Waals surface area contributed by atoms with Crippen LogP contribution in [0.2, 0.25) is 0 Å². The minimum Gasteiger partial charge on any atom is -0.390 e. The molecule has 2 heterocycles. The lowest BCUT2D eigenvalue weighted by atomic mass is 10.2. The largest absolute Gasteiger partial charge is 0.390 e. The highest BCUT2D eigenvalue weighted by Gasteiger charge is 2.17. The summed E-state index contributed by atoms with van der Waals surface area (Å²) in [7, 11) is 0. The number of aliphatic hydroxyl groups is 1. The molecule has 0 bridgehead atoms. The Labute approximate surface area is 133 Å². The summed E-state index contributed by atoms with van der Waals surface area (Å²) >= 11 is 0. The van der Waals surface area contributed by atoms with Crippen LogP contribution in [0.25, 0.3) is 10.9 Å². The van der Waals surface area contributed by atoms with Gasteiger partial charge in [0, 0.05) is 23.1 Å². The summed E-state index contributed by atoms with van der Waals surface area (Å²) < 4.78 is 2.28. The molecule has 1 saturated heterocycles. The van der Waals surface area contributed by atoms with E-state index in [2.05, 4.69) is 47.6 Å². The van der Waals surface area contributed by atoms with E-state index in [1.165, 1.54) is 47.8 Å². The van der Waals surface area contributed by atoms with Crippen LogP contribution in [0.1, 0.15) is 36.9 Å². The third-order valence-electron chi connectivity index (χ3n) is 5.11. The van der Waals surface area contributed by atoms with Crippen LogP contribution in [-0.4, -0.2) is 40.3 Å². The molecule has 22 heavy (non-hydrogen) atoms. The maximum absolute atomic E-state index is 10.6. The second-order valence-electron chi connectivity index (χ2n) is 6.71. The molecule has 120 valence electrons. The van der Waals surface area contributed by atoms with E-state index in [4.69, 9.17) is 0 Å². The third-order valence-corrected chi connectivity index (χ3v) is 5.11. The van der Waals surface area contributed by atoms with Gasteiger partial charge in [0.2, 0.25) is 0 Å². The van der Waals surface area contributed by atoms with Crippen LogP contribution in [0.5, 0.6) is 0 Å². The molecule has 0 aliphatic carbocycles. The highest BCUT2D eigenvalue weighted by atomic mass is 16.3. The number of likely N-dealkylation sites (tertiary alicyclic amines) is 1. The quantitative estimate of drug-likeness (QED) is 0.936. The van der Waals surface area contributed by atoms with Crippen LogP contribution in [-0.2, 0) is 6.54 Å². The lowest BCUT2D eigenvalue weighted by Crippen LogP contribution is -2.35. The van der Waals surface area contributed by atoms with E-state index in [1.54, 1.807) is 0 Å². The van der Waals surface area contributed by atoms with E-state index >= 15 is 0 Å². The molecule has 3 heteroatoms. The predicted molar refractivity (Wildman–Crippen MR) is 92.3 cm³/mol. The molecule has 1 fully saturated rings. The first-order chi connectivity index (χ1) is 10.7. The molecule has 1 atom stereocenters. The number of aliphatic hydroxyl groups excluding tert-OH is 1. The van der Waals surface area contributed by atoms with Crippen molar-refractivity contribution in [2.75, 3.05) is 19.6 Å². The number of nitrogens with zero attached hydrogens (tertiary/aromatic N) is 2. The van der Waals surface area contributed by atoms with Crippen molar-refractivity contribution in [1.29, 1.82) is 0 Å². The van der Waals surface area contributed by atoms with Crippen molar-refractivity contribution in [3.8, 4) is 0 Å². The van der Waals surface area contributed by atoms with Gasteiger partial charge in [0.15, 0.2) is 0 Å². The number of hydrogen-bond donors (Lipinski definition) is 1. The number of aromatic nitrogens is 1. The summed E-state index contributed by atoms with van der Waals surface area (Å²) in [6.07, 6.45) is 4.93. The Morgan fingerprint density at radius 1 is 1.00 bits per heavy atom. The van der Waals surface area contributed by atoms with Crippen molar-refractivity contribution in [3.63, 3.8) is 0 Å². The minimum absolute atomic E-state index is 0.299. The van der Waals surface area contributed by atoms with Crippen LogP contribution in [0.15, 0.2) is 24.3 Å². The van der Waals surface area contributed by atoms with Crippen LogP contribution < -0.4 is 0 Å². The van der Waals surface area contributed by atoms with Gasteiger partial charge in [-0.1, -0.05) is 31.0 Å². The highest BCUT2D eigenvalue weighted by Crippen LogP contribution is 2.25. The molecule has 0 amide bonds. The van der Waals surface area contributed by atoms with Crippen LogP contribution in [0.4, 0.5) is 0 Å². The standard InChI is InChI=1S/C19H28N2O/c1-15-16(2)21(19-10-6-5-9-18(15)19)14-17(22)13-20-11-7-3-4-8-12-20/h5-6,9-10,17,22H,3-4,7-8,11-14H2,1-2H3/t17-/m1/s1. The summed E-state index contributed by atoms with van der Waals surface area (Å²) in [6.45, 7) is 8.11. The highest BCUT2D eigenvalue weighted by molar-refractivity contribution is 5.85. The lowest BCUT2D eigenvalue weighted by molar-refractivity contribution is 0.100. The van der Waals surface area contributed by atoms with Crippen molar-refractivity contribution in [2.45, 2.75) is 52.2 Å². The molecule has 3 rings (SSSR count). The Morgan fingerprint density at radius 3 is 2.41 bits per heavy atom. The second-order valence-corrected chi connectivity index (χ2v) is 6.71. The Morgan fingerprint density at radius 2 is 1.68 bits per heavy atom. The van der Waals surface area contributed by atoms with Gasteiger partial charge >= 0.3 is 0 Å². The van der Waals surface area contributed by atoms with Gasteiger partial charge in [-0.05, 0) is 51.4 Å². The minimum atomic E-state index is -0.299. The van der Waals surface area contributed by atoms with E-state index in [0.717, 1.165) is 19.6 Å². The first-order valence-electron chi connectivity index (χ1n) is 8.61. The molecule has 0 radical (unpaired) electrons. The van der Waals surface area contributed by atoms with Crippen molar-refractivity contribution >= 4 is 10.9 Å². The van der Waals surface area contributed by atoms with Gasteiger partial charge in [0.1, 0.15) is 0 Å². The normalized spacial score (nSPS) is 18.5. The molecular formula is C19H28N2O. The third kappa shape index (κ3) is 3.21. The van der Waals surface area contributed by atoms with E-state index in [1.807, 2.05) is 0 Å². The molecule has 0 spiro atoms. The SMILES string of the molecule is Cc1c(C)n(C[C@H](O)CN2CCCCCC2)c2ccccc12. The van der Waals surface area contributed by atoms with E-state index in [0.29, 0.717) is 6.54 Å². The topological polar surface area (TPSA) is 28.4 Å². The number of β-amino-alcohol motifs (C(OH)–C–C–N with tert-alkyl or cyclic N) is 1. The van der Waals surface area contributed by atoms with Gasteiger partial charge in [-0.15, -0.1) is 0 Å². The second kappa shape index (κ2) is 6.84. The average molecular weight is 300 g/mol. The monoisotopic (exact) mass is 300 g/mol. The molecule has 0 saturated carbocycles. The van der Waals surface area contributed by atoms with Gasteiger partial charge in [0.05, 0.1) is 12.6 Å². The summed E-state index contributed by atoms with van der Waals surface area (Å²) in [5.41, 5.74) is 3.85. The number of benzene rings is 1. The Kier molecular flexibility index (Phi) is 4.84. The van der Waals surface area contributed by atoms with E-state index in [-0.39, 0.29) is 6.10 Å². The van der Waals surface area contributed by atoms with Gasteiger partial charge in [-0.25, -0.2) is 0 Å². The van der Waals surface area contributed by atoms with Gasteiger partial charge in [-0.2, -0.15) is 0 Å². The molecule has 1 N–H and O–H groups in total. The van der Waals surface area contributed by atoms with Gasteiger partial charge in [-0.3, -0.25) is 0 Å². The number of aryl methyl sites for hydroxylation is 1. The average Bonchev–Trinajstić information content (AvgIpc) is 2.72. The maximum Gasteiger partial charge on any atom is 0.0845 e. The van der Waals surface area contributed by atoms with Gasteiger partial charge in [0.25, 0.3) is 0 Å². The van der Waals surface area contributed by atoms with Crippen molar-refractivity contribution in [3.05, 3.63) is 35.5 Å². The first-order valence-corrected chi connectivity index (χ1v) is 8.61. The summed E-state index contributed by atoms with van der Waals surface area (Å²) in [5, 5.41) is 11.9. The number of fused-ring (bicyclic) bond motifs is 1. The Bertz CT molecular complexity index is 624. The van der Waals surface area contributed by atoms with Crippen molar-refractivity contribution in [2.24, 2.45) is 0 Å². The van der Waals surface area contributed by atoms with Crippen molar-refractivity contribution < 1.29 is 5.11 Å². The van der Waals surface area contributed by atoms with Crippen LogP contribution >= 0.6 is 0 Å². The van der Waals surface area contributed by atoms with Crippen LogP contribution in [0.3, 0.4) is 0 Å². The fourth-order valence-electron chi connectivity index (χ4n) is 3.72. The molecule has 1 aliphatic rings. The maximum atomic E-state index is 10.6. The molecule has 0 unspecified atom stereocenters. The molecular weight excluding hydrogens is 272 g/mol.